The largest absolute Gasteiger partial charge is 0.486 e. The molecule has 0 aliphatic carbocycles. The number of ether oxygens (including phenoxy) is 2. The summed E-state index contributed by atoms with van der Waals surface area (Å²) in [7, 11) is 0. The minimum Gasteiger partial charge on any atom is -0.486 e. The molecule has 3 nitrogen and oxygen atoms in total. The van der Waals surface area contributed by atoms with Crippen molar-refractivity contribution in [2.24, 2.45) is 0 Å². The lowest BCUT2D eigenvalue weighted by Crippen LogP contribution is -2.15. The van der Waals surface area contributed by atoms with Crippen LogP contribution in [-0.4, -0.2) is 24.1 Å². The Bertz CT molecular complexity index is 627. The van der Waals surface area contributed by atoms with Gasteiger partial charge in [0, 0.05) is 10.6 Å². The van der Waals surface area contributed by atoms with Gasteiger partial charge in [0.1, 0.15) is 13.2 Å². The van der Waals surface area contributed by atoms with Crippen LogP contribution in [0.5, 0.6) is 11.5 Å². The highest BCUT2D eigenvalue weighted by Crippen LogP contribution is 2.34. The number of rotatable bonds is 4. The molecule has 1 unspecified atom stereocenters. The van der Waals surface area contributed by atoms with E-state index in [-0.39, 0.29) is 0 Å². The first-order valence-corrected chi connectivity index (χ1v) is 7.98. The van der Waals surface area contributed by atoms with E-state index < -0.39 is 6.10 Å². The molecular formula is C17H18O3S. The van der Waals surface area contributed by atoms with Gasteiger partial charge in [-0.05, 0) is 36.2 Å². The highest BCUT2D eigenvalue weighted by Gasteiger charge is 2.15. The van der Waals surface area contributed by atoms with Crippen LogP contribution in [0.4, 0.5) is 0 Å². The molecule has 0 spiro atoms. The lowest BCUT2D eigenvalue weighted by Gasteiger charge is -2.20. The number of benzene rings is 2. The van der Waals surface area contributed by atoms with E-state index in [0.29, 0.717) is 19.0 Å². The number of aryl methyl sites for hydroxylation is 1. The summed E-state index contributed by atoms with van der Waals surface area (Å²) in [5, 5.41) is 10.4. The monoisotopic (exact) mass is 302 g/mol. The van der Waals surface area contributed by atoms with Crippen molar-refractivity contribution in [3.8, 4) is 11.5 Å². The normalized spacial score (nSPS) is 14.8. The fourth-order valence-corrected chi connectivity index (χ4v) is 3.25. The first-order chi connectivity index (χ1) is 10.2. The fraction of sp³-hybridized carbons (Fsp3) is 0.294. The molecule has 4 heteroatoms. The second-order valence-electron chi connectivity index (χ2n) is 5.00. The van der Waals surface area contributed by atoms with Crippen molar-refractivity contribution in [2.45, 2.75) is 17.9 Å². The first kappa shape index (κ1) is 14.3. The number of hydrogen-bond donors (Lipinski definition) is 1. The van der Waals surface area contributed by atoms with E-state index in [1.807, 2.05) is 30.3 Å². The number of aliphatic hydroxyl groups is 1. The fourth-order valence-electron chi connectivity index (χ4n) is 2.25. The maximum Gasteiger partial charge on any atom is 0.161 e. The molecule has 1 aliphatic rings. The molecule has 0 aromatic heterocycles. The summed E-state index contributed by atoms with van der Waals surface area (Å²) >= 11 is 1.67. The summed E-state index contributed by atoms with van der Waals surface area (Å²) in [5.74, 6) is 2.09. The molecule has 0 saturated carbocycles. The third-order valence-electron chi connectivity index (χ3n) is 3.44. The average molecular weight is 302 g/mol. The Hall–Kier alpha value is -1.65. The molecule has 1 atom stereocenters. The Morgan fingerprint density at radius 2 is 1.86 bits per heavy atom. The summed E-state index contributed by atoms with van der Waals surface area (Å²) in [4.78, 5) is 1.20. The average Bonchev–Trinajstić information content (AvgIpc) is 2.53. The number of thioether (sulfide) groups is 1. The summed E-state index contributed by atoms with van der Waals surface area (Å²) in [6, 6.07) is 13.8. The molecule has 0 amide bonds. The van der Waals surface area contributed by atoms with E-state index in [1.165, 1.54) is 10.5 Å². The molecule has 3 rings (SSSR count). The van der Waals surface area contributed by atoms with Crippen LogP contribution in [0.3, 0.4) is 0 Å². The van der Waals surface area contributed by atoms with Crippen LogP contribution in [0.2, 0.25) is 0 Å². The van der Waals surface area contributed by atoms with Crippen LogP contribution in [0, 0.1) is 6.92 Å². The molecule has 2 aromatic rings. The van der Waals surface area contributed by atoms with Crippen molar-refractivity contribution in [2.75, 3.05) is 19.0 Å². The van der Waals surface area contributed by atoms with E-state index in [0.717, 1.165) is 17.1 Å². The predicted molar refractivity (Wildman–Crippen MR) is 84.3 cm³/mol. The van der Waals surface area contributed by atoms with Gasteiger partial charge in [-0.2, -0.15) is 0 Å². The van der Waals surface area contributed by atoms with Gasteiger partial charge in [-0.25, -0.2) is 0 Å². The summed E-state index contributed by atoms with van der Waals surface area (Å²) in [5.41, 5.74) is 2.09. The van der Waals surface area contributed by atoms with Gasteiger partial charge in [0.15, 0.2) is 11.5 Å². The zero-order chi connectivity index (χ0) is 14.7. The molecular weight excluding hydrogens is 284 g/mol. The Morgan fingerprint density at radius 3 is 2.67 bits per heavy atom. The van der Waals surface area contributed by atoms with Gasteiger partial charge in [-0.3, -0.25) is 0 Å². The zero-order valence-electron chi connectivity index (χ0n) is 11.9. The Labute approximate surface area is 128 Å². The Kier molecular flexibility index (Phi) is 4.36. The lowest BCUT2D eigenvalue weighted by molar-refractivity contribution is 0.169. The molecule has 0 saturated heterocycles. The molecule has 0 bridgehead atoms. The van der Waals surface area contributed by atoms with Gasteiger partial charge in [-0.15, -0.1) is 11.8 Å². The maximum absolute atomic E-state index is 10.4. The van der Waals surface area contributed by atoms with Gasteiger partial charge in [-0.1, -0.05) is 24.3 Å². The van der Waals surface area contributed by atoms with Gasteiger partial charge in [0.2, 0.25) is 0 Å². The van der Waals surface area contributed by atoms with Crippen LogP contribution in [0.25, 0.3) is 0 Å². The van der Waals surface area contributed by atoms with E-state index in [2.05, 4.69) is 19.1 Å². The Balaban J connectivity index is 1.68. The number of aliphatic hydroxyl groups excluding tert-OH is 1. The van der Waals surface area contributed by atoms with Crippen molar-refractivity contribution in [1.82, 2.24) is 0 Å². The second kappa shape index (κ2) is 6.41. The van der Waals surface area contributed by atoms with Crippen LogP contribution >= 0.6 is 11.8 Å². The SMILES string of the molecule is Cc1ccccc1SCC(O)c1ccc2c(c1)OCCO2. The predicted octanol–water partition coefficient (Wildman–Crippen LogP) is 3.59. The van der Waals surface area contributed by atoms with Gasteiger partial charge >= 0.3 is 0 Å². The van der Waals surface area contributed by atoms with Gasteiger partial charge in [0.25, 0.3) is 0 Å². The minimum atomic E-state index is -0.523. The second-order valence-corrected chi connectivity index (χ2v) is 6.06. The first-order valence-electron chi connectivity index (χ1n) is 7.00. The topological polar surface area (TPSA) is 38.7 Å². The van der Waals surface area contributed by atoms with Gasteiger partial charge < -0.3 is 14.6 Å². The summed E-state index contributed by atoms with van der Waals surface area (Å²) < 4.78 is 11.0. The van der Waals surface area contributed by atoms with Crippen molar-refractivity contribution in [1.29, 1.82) is 0 Å². The van der Waals surface area contributed by atoms with Crippen LogP contribution in [0.1, 0.15) is 17.2 Å². The van der Waals surface area contributed by atoms with Crippen LogP contribution in [0.15, 0.2) is 47.4 Å². The molecule has 0 fully saturated rings. The third-order valence-corrected chi connectivity index (χ3v) is 4.69. The van der Waals surface area contributed by atoms with E-state index in [1.54, 1.807) is 11.8 Å². The van der Waals surface area contributed by atoms with Crippen molar-refractivity contribution >= 4 is 11.8 Å². The number of hydrogen-bond acceptors (Lipinski definition) is 4. The Morgan fingerprint density at radius 1 is 1.10 bits per heavy atom. The highest BCUT2D eigenvalue weighted by molar-refractivity contribution is 7.99. The number of fused-ring (bicyclic) bond motifs is 1. The van der Waals surface area contributed by atoms with Crippen LogP contribution in [-0.2, 0) is 0 Å². The van der Waals surface area contributed by atoms with Crippen molar-refractivity contribution < 1.29 is 14.6 Å². The smallest absolute Gasteiger partial charge is 0.161 e. The highest BCUT2D eigenvalue weighted by atomic mass is 32.2. The maximum atomic E-state index is 10.4. The zero-order valence-corrected chi connectivity index (χ0v) is 12.7. The van der Waals surface area contributed by atoms with Crippen molar-refractivity contribution in [3.63, 3.8) is 0 Å². The van der Waals surface area contributed by atoms with Gasteiger partial charge in [0.05, 0.1) is 6.10 Å². The molecule has 2 aromatic carbocycles. The molecule has 21 heavy (non-hydrogen) atoms. The van der Waals surface area contributed by atoms with Crippen molar-refractivity contribution in [3.05, 3.63) is 53.6 Å². The minimum absolute atomic E-state index is 0.523. The van der Waals surface area contributed by atoms with E-state index in [4.69, 9.17) is 9.47 Å². The summed E-state index contributed by atoms with van der Waals surface area (Å²) in [6.07, 6.45) is -0.523. The molecule has 1 N–H and O–H groups in total. The molecule has 1 aliphatic heterocycles. The van der Waals surface area contributed by atoms with E-state index in [9.17, 15) is 5.11 Å². The third kappa shape index (κ3) is 3.34. The summed E-state index contributed by atoms with van der Waals surface area (Å²) in [6.45, 7) is 3.22. The molecule has 1 heterocycles. The van der Waals surface area contributed by atoms with Crippen LogP contribution < -0.4 is 9.47 Å². The quantitative estimate of drug-likeness (QED) is 0.876. The molecule has 0 radical (unpaired) electrons. The molecule has 110 valence electrons. The standard InChI is InChI=1S/C17H18O3S/c1-12-4-2-3-5-17(12)21-11-14(18)13-6-7-15-16(10-13)20-9-8-19-15/h2-7,10,14,18H,8-9,11H2,1H3. The van der Waals surface area contributed by atoms with E-state index >= 15 is 0 Å². The lowest BCUT2D eigenvalue weighted by atomic mass is 10.1.